The first-order valence-corrected chi connectivity index (χ1v) is 11.5. The summed E-state index contributed by atoms with van der Waals surface area (Å²) in [5.41, 5.74) is 2.29. The van der Waals surface area contributed by atoms with Gasteiger partial charge in [0.05, 0.1) is 26.4 Å². The van der Waals surface area contributed by atoms with E-state index in [1.165, 1.54) is 12.0 Å². The summed E-state index contributed by atoms with van der Waals surface area (Å²) in [4.78, 5) is 7.27. The zero-order valence-corrected chi connectivity index (χ0v) is 21.6. The number of morpholine rings is 1. The van der Waals surface area contributed by atoms with E-state index in [4.69, 9.17) is 19.2 Å². The van der Waals surface area contributed by atoms with E-state index in [0.717, 1.165) is 81.8 Å². The van der Waals surface area contributed by atoms with E-state index in [-0.39, 0.29) is 30.1 Å². The smallest absolute Gasteiger partial charge is 0.191 e. The highest BCUT2D eigenvalue weighted by molar-refractivity contribution is 14.0. The number of fused-ring (bicyclic) bond motifs is 1. The van der Waals surface area contributed by atoms with Gasteiger partial charge in [-0.3, -0.25) is 4.90 Å². The fraction of sp³-hybridized carbons (Fsp3) is 0.696. The summed E-state index contributed by atoms with van der Waals surface area (Å²) >= 11 is 0. The van der Waals surface area contributed by atoms with Crippen LogP contribution in [0.5, 0.6) is 11.5 Å². The maximum Gasteiger partial charge on any atom is 0.191 e. The third kappa shape index (κ3) is 8.31. The van der Waals surface area contributed by atoms with Crippen LogP contribution in [-0.2, 0) is 17.7 Å². The predicted octanol–water partition coefficient (Wildman–Crippen LogP) is 3.19. The van der Waals surface area contributed by atoms with Gasteiger partial charge in [-0.1, -0.05) is 0 Å². The standard InChI is InChI=1S/C23H38N4O3.HI/c1-4-24-23(25-8-6-7-9-27-10-12-28-13-11-27)26-17-20-16-22-19(14-18(3)30-22)15-21(20)29-5-2;/h15-16,18H,4-14,17H2,1-3H3,(H2,24,25,26);1H. The molecule has 2 aliphatic rings. The van der Waals surface area contributed by atoms with Crippen LogP contribution in [-0.4, -0.2) is 69.5 Å². The minimum atomic E-state index is 0. The highest BCUT2D eigenvalue weighted by Crippen LogP contribution is 2.35. The Morgan fingerprint density at radius 1 is 1.19 bits per heavy atom. The molecule has 2 heterocycles. The summed E-state index contributed by atoms with van der Waals surface area (Å²) in [6.07, 6.45) is 3.47. The number of hydrogen-bond acceptors (Lipinski definition) is 5. The molecule has 2 N–H and O–H groups in total. The van der Waals surface area contributed by atoms with E-state index >= 15 is 0 Å². The van der Waals surface area contributed by atoms with Gasteiger partial charge >= 0.3 is 0 Å². The molecule has 1 aromatic carbocycles. The van der Waals surface area contributed by atoms with Crippen molar-refractivity contribution >= 4 is 29.9 Å². The number of halogens is 1. The Morgan fingerprint density at radius 2 is 2.00 bits per heavy atom. The summed E-state index contributed by atoms with van der Waals surface area (Å²) in [6, 6.07) is 4.22. The van der Waals surface area contributed by atoms with Crippen molar-refractivity contribution in [1.82, 2.24) is 15.5 Å². The number of unbranched alkanes of at least 4 members (excludes halogenated alkanes) is 1. The van der Waals surface area contributed by atoms with Crippen molar-refractivity contribution < 1.29 is 14.2 Å². The van der Waals surface area contributed by atoms with E-state index in [1.54, 1.807) is 0 Å². The van der Waals surface area contributed by atoms with Crippen molar-refractivity contribution in [2.24, 2.45) is 4.99 Å². The number of aliphatic imine (C=N–C) groups is 1. The van der Waals surface area contributed by atoms with Crippen LogP contribution in [0.1, 0.15) is 44.7 Å². The Bertz CT molecular complexity index is 696. The molecule has 3 rings (SSSR count). The molecule has 176 valence electrons. The number of nitrogens with zero attached hydrogens (tertiary/aromatic N) is 2. The highest BCUT2D eigenvalue weighted by atomic mass is 127. The molecule has 1 aromatic rings. The van der Waals surface area contributed by atoms with Gasteiger partial charge in [0.2, 0.25) is 0 Å². The second kappa shape index (κ2) is 14.0. The van der Waals surface area contributed by atoms with Crippen LogP contribution in [0.2, 0.25) is 0 Å². The van der Waals surface area contributed by atoms with Gasteiger partial charge in [-0.25, -0.2) is 4.99 Å². The Labute approximate surface area is 204 Å². The number of hydrogen-bond donors (Lipinski definition) is 2. The Balaban J connectivity index is 0.00000341. The van der Waals surface area contributed by atoms with Crippen LogP contribution in [0.3, 0.4) is 0 Å². The molecule has 0 aromatic heterocycles. The monoisotopic (exact) mass is 546 g/mol. The molecule has 1 fully saturated rings. The molecule has 0 bridgehead atoms. The van der Waals surface area contributed by atoms with Gasteiger partial charge in [-0.05, 0) is 52.3 Å². The zero-order chi connectivity index (χ0) is 21.2. The lowest BCUT2D eigenvalue weighted by Crippen LogP contribution is -2.39. The third-order valence-electron chi connectivity index (χ3n) is 5.43. The summed E-state index contributed by atoms with van der Waals surface area (Å²) in [5.74, 6) is 2.73. The average Bonchev–Trinajstić information content (AvgIpc) is 3.11. The molecule has 0 spiro atoms. The minimum absolute atomic E-state index is 0. The zero-order valence-electron chi connectivity index (χ0n) is 19.2. The van der Waals surface area contributed by atoms with Crippen molar-refractivity contribution in [2.75, 3.05) is 52.5 Å². The molecule has 0 amide bonds. The lowest BCUT2D eigenvalue weighted by atomic mass is 10.1. The molecule has 2 aliphatic heterocycles. The van der Waals surface area contributed by atoms with Crippen LogP contribution in [0.15, 0.2) is 17.1 Å². The summed E-state index contributed by atoms with van der Waals surface area (Å²) < 4.78 is 17.2. The molecule has 1 unspecified atom stereocenters. The fourth-order valence-corrected chi connectivity index (χ4v) is 3.89. The lowest BCUT2D eigenvalue weighted by Gasteiger charge is -2.26. The van der Waals surface area contributed by atoms with E-state index < -0.39 is 0 Å². The Hall–Kier alpha value is -1.26. The van der Waals surface area contributed by atoms with Crippen molar-refractivity contribution in [2.45, 2.75) is 52.7 Å². The van der Waals surface area contributed by atoms with Crippen LogP contribution < -0.4 is 20.1 Å². The summed E-state index contributed by atoms with van der Waals surface area (Å²) in [5, 5.41) is 6.81. The van der Waals surface area contributed by atoms with Crippen molar-refractivity contribution in [3.63, 3.8) is 0 Å². The quantitative estimate of drug-likeness (QED) is 0.204. The van der Waals surface area contributed by atoms with Crippen LogP contribution in [0.25, 0.3) is 0 Å². The fourth-order valence-electron chi connectivity index (χ4n) is 3.89. The number of guanidine groups is 1. The summed E-state index contributed by atoms with van der Waals surface area (Å²) in [7, 11) is 0. The SMILES string of the molecule is CCNC(=NCc1cc2c(cc1OCC)CC(C)O2)NCCCCN1CCOCC1.I. The number of nitrogens with one attached hydrogen (secondary N) is 2. The molecule has 0 radical (unpaired) electrons. The van der Waals surface area contributed by atoms with Gasteiger partial charge in [0.1, 0.15) is 17.6 Å². The molecule has 31 heavy (non-hydrogen) atoms. The van der Waals surface area contributed by atoms with E-state index in [0.29, 0.717) is 13.2 Å². The normalized spacial score (nSPS) is 18.7. The van der Waals surface area contributed by atoms with Gasteiger partial charge in [0.25, 0.3) is 0 Å². The first kappa shape index (κ1) is 26.0. The second-order valence-corrected chi connectivity index (χ2v) is 7.92. The van der Waals surface area contributed by atoms with Crippen molar-refractivity contribution in [3.05, 3.63) is 23.3 Å². The maximum absolute atomic E-state index is 5.93. The molecule has 0 saturated carbocycles. The van der Waals surface area contributed by atoms with E-state index in [9.17, 15) is 0 Å². The van der Waals surface area contributed by atoms with Gasteiger partial charge in [-0.15, -0.1) is 24.0 Å². The molecule has 0 aliphatic carbocycles. The van der Waals surface area contributed by atoms with Crippen molar-refractivity contribution in [1.29, 1.82) is 0 Å². The summed E-state index contributed by atoms with van der Waals surface area (Å²) in [6.45, 7) is 14.2. The highest BCUT2D eigenvalue weighted by Gasteiger charge is 2.21. The lowest BCUT2D eigenvalue weighted by molar-refractivity contribution is 0.0372. The molecule has 1 saturated heterocycles. The topological polar surface area (TPSA) is 67.4 Å². The van der Waals surface area contributed by atoms with E-state index in [2.05, 4.69) is 41.5 Å². The molecule has 1 atom stereocenters. The van der Waals surface area contributed by atoms with Gasteiger partial charge in [0, 0.05) is 43.7 Å². The largest absolute Gasteiger partial charge is 0.494 e. The first-order valence-electron chi connectivity index (χ1n) is 11.5. The third-order valence-corrected chi connectivity index (χ3v) is 5.43. The minimum Gasteiger partial charge on any atom is -0.494 e. The molecular formula is C23H39IN4O3. The number of ether oxygens (including phenoxy) is 3. The Kier molecular flexibility index (Phi) is 11.7. The average molecular weight is 546 g/mol. The van der Waals surface area contributed by atoms with Gasteiger partial charge in [0.15, 0.2) is 5.96 Å². The van der Waals surface area contributed by atoms with Crippen LogP contribution >= 0.6 is 24.0 Å². The molecule has 7 nitrogen and oxygen atoms in total. The van der Waals surface area contributed by atoms with Gasteiger partial charge in [-0.2, -0.15) is 0 Å². The molecule has 8 heteroatoms. The second-order valence-electron chi connectivity index (χ2n) is 7.92. The molecular weight excluding hydrogens is 507 g/mol. The van der Waals surface area contributed by atoms with Crippen molar-refractivity contribution in [3.8, 4) is 11.5 Å². The number of rotatable bonds is 10. The Morgan fingerprint density at radius 3 is 2.74 bits per heavy atom. The number of benzene rings is 1. The first-order chi connectivity index (χ1) is 14.7. The predicted molar refractivity (Wildman–Crippen MR) is 136 cm³/mol. The van der Waals surface area contributed by atoms with E-state index in [1.807, 2.05) is 6.92 Å². The van der Waals surface area contributed by atoms with Crippen LogP contribution in [0, 0.1) is 0 Å². The maximum atomic E-state index is 5.93. The van der Waals surface area contributed by atoms with Gasteiger partial charge < -0.3 is 24.8 Å². The van der Waals surface area contributed by atoms with Crippen LogP contribution in [0.4, 0.5) is 0 Å².